The monoisotopic (exact) mass is 1880 g/mol. The number of fused-ring (bicyclic) bond motifs is 32. The van der Waals surface area contributed by atoms with Crippen molar-refractivity contribution in [3.63, 3.8) is 0 Å². The Bertz CT molecular complexity index is 9250. The van der Waals surface area contributed by atoms with Crippen LogP contribution in [0.5, 0.6) is 0 Å². The predicted octanol–water partition coefficient (Wildman–Crippen LogP) is 33.8. The van der Waals surface area contributed by atoms with E-state index in [0.29, 0.717) is 34.9 Å². The molecular weight excluding hydrogens is 1790 g/mol. The highest BCUT2D eigenvalue weighted by atomic mass is 15.0. The maximum Gasteiger partial charge on any atom is 0.164 e. The SMILES string of the molecule is c1ccc(-c2ccc(-c3ccc(-c4nc(-c5ccccc5)nc(-c5ccc(-c6ccc7c(c6)C6(c8ccccc8-c8ccccc86)c6ccccc6C76c7ccccc7-c7ccccc76)cc5)n4)cc3)cc2)cc1.c1ccc(-c2ccc(-c3cccc(-c4nc(-c5ccccc5)nc(-c5ccc(-c6ccc7c(c6)C6(c8ccccc8-c8ccccc86)c6ccccc6C76c7ccccc7-c7ccccc76)cc5)n4)c3)cc2)cc1. The van der Waals surface area contributed by atoms with Gasteiger partial charge in [-0.05, 0) is 218 Å². The Morgan fingerprint density at radius 1 is 0.0878 bits per heavy atom. The number of hydrogen-bond donors (Lipinski definition) is 0. The molecule has 4 spiro atoms. The lowest BCUT2D eigenvalue weighted by Gasteiger charge is -2.49. The van der Waals surface area contributed by atoms with E-state index < -0.39 is 21.7 Å². The minimum atomic E-state index is -0.565. The first-order valence-corrected chi connectivity index (χ1v) is 51.0. The molecule has 2 aromatic heterocycles. The van der Waals surface area contributed by atoms with Gasteiger partial charge in [0.25, 0.3) is 0 Å². The molecular formula is C142H90N6. The van der Waals surface area contributed by atoms with Gasteiger partial charge in [-0.3, -0.25) is 0 Å². The van der Waals surface area contributed by atoms with Crippen LogP contribution >= 0.6 is 0 Å². The molecule has 0 saturated carbocycles. The van der Waals surface area contributed by atoms with Gasteiger partial charge in [-0.1, -0.05) is 528 Å². The van der Waals surface area contributed by atoms with Crippen molar-refractivity contribution < 1.29 is 0 Å². The molecule has 0 N–H and O–H groups in total. The second kappa shape index (κ2) is 34.3. The Morgan fingerprint density at radius 2 is 0.230 bits per heavy atom. The number of hydrogen-bond acceptors (Lipinski definition) is 6. The Labute approximate surface area is 859 Å². The molecule has 6 heteroatoms. The average Bonchev–Trinajstić information content (AvgIpc) is 1.47. The fourth-order valence-electron chi connectivity index (χ4n) is 25.8. The van der Waals surface area contributed by atoms with Crippen molar-refractivity contribution in [3.8, 4) is 180 Å². The number of nitrogens with zero attached hydrogens (tertiary/aromatic N) is 6. The van der Waals surface area contributed by atoms with Crippen molar-refractivity contribution in [2.24, 2.45) is 0 Å². The van der Waals surface area contributed by atoms with E-state index >= 15 is 0 Å². The van der Waals surface area contributed by atoms with Crippen molar-refractivity contribution in [2.75, 3.05) is 0 Å². The molecule has 6 aliphatic rings. The van der Waals surface area contributed by atoms with Crippen LogP contribution in [-0.4, -0.2) is 29.9 Å². The van der Waals surface area contributed by atoms with Crippen LogP contribution < -0.4 is 0 Å². The Hall–Kier alpha value is -19.1. The zero-order valence-corrected chi connectivity index (χ0v) is 80.6. The Kier molecular flexibility index (Phi) is 19.9. The van der Waals surface area contributed by atoms with E-state index in [9.17, 15) is 0 Å². The van der Waals surface area contributed by atoms with Gasteiger partial charge in [-0.25, -0.2) is 29.9 Å². The lowest BCUT2D eigenvalue weighted by atomic mass is 9.52. The summed E-state index contributed by atoms with van der Waals surface area (Å²) in [5.41, 5.74) is 48.8. The summed E-state index contributed by atoms with van der Waals surface area (Å²) >= 11 is 0. The van der Waals surface area contributed by atoms with Crippen LogP contribution in [0, 0.1) is 0 Å². The van der Waals surface area contributed by atoms with Crippen molar-refractivity contribution in [1.29, 1.82) is 0 Å². The minimum absolute atomic E-state index is 0.527. The molecule has 0 unspecified atom stereocenters. The summed E-state index contributed by atoms with van der Waals surface area (Å²) in [4.78, 5) is 30.8. The van der Waals surface area contributed by atoms with E-state index in [1.165, 1.54) is 156 Å². The lowest BCUT2D eigenvalue weighted by molar-refractivity contribution is 0.633. The van der Waals surface area contributed by atoms with Gasteiger partial charge < -0.3 is 0 Å². The molecule has 688 valence electrons. The van der Waals surface area contributed by atoms with Gasteiger partial charge in [0.1, 0.15) is 0 Å². The predicted molar refractivity (Wildman–Crippen MR) is 601 cm³/mol. The van der Waals surface area contributed by atoms with Gasteiger partial charge in [0.15, 0.2) is 34.9 Å². The van der Waals surface area contributed by atoms with Crippen molar-refractivity contribution >= 4 is 0 Å². The lowest BCUT2D eigenvalue weighted by Crippen LogP contribution is -2.43. The maximum absolute atomic E-state index is 5.22. The number of benzene rings is 22. The zero-order chi connectivity index (χ0) is 97.6. The first-order valence-electron chi connectivity index (χ1n) is 51.0. The van der Waals surface area contributed by atoms with E-state index in [1.54, 1.807) is 0 Å². The number of aromatic nitrogens is 6. The molecule has 6 nitrogen and oxygen atoms in total. The normalized spacial score (nSPS) is 13.6. The standard InChI is InChI=1S/2C71H45N3/c1-3-18-46(19-4-1)47-34-36-48(37-35-47)52-22-17-23-54(44-52)69-73-67(50-20-5-2-6-21-50)72-68(74-69)51-40-38-49(39-41-51)53-42-43-65-66(45-53)71(61-30-13-9-26-57(61)58-27-10-14-31-62(58)71)64-33-16-15-32-63(64)70(65)59-28-11-7-24-55(59)56-25-8-12-29-60(56)70;1-3-17-46(18-4-1)47-31-33-48(34-32-47)49-35-39-52(40-36-49)68-72-67(51-19-5-2-6-20-51)73-69(74-68)53-41-37-50(38-42-53)54-43-44-65-66(45-54)71(61-27-13-9-23-57(61)58-24-10-14-28-62(58)71)64-30-16-15-29-63(64)70(65)59-25-11-7-21-55(59)56-22-8-12-26-60(56)70/h2*1-45H. The molecule has 0 bridgehead atoms. The van der Waals surface area contributed by atoms with Crippen LogP contribution in [-0.2, 0) is 21.7 Å². The third-order valence-electron chi connectivity index (χ3n) is 32.1. The van der Waals surface area contributed by atoms with Gasteiger partial charge in [0.05, 0.1) is 21.7 Å². The zero-order valence-electron chi connectivity index (χ0n) is 80.6. The highest BCUT2D eigenvalue weighted by Crippen LogP contribution is 2.71. The third kappa shape index (κ3) is 13.0. The molecule has 6 aliphatic carbocycles. The fourth-order valence-corrected chi connectivity index (χ4v) is 25.8. The van der Waals surface area contributed by atoms with E-state index in [2.05, 4.69) is 510 Å². The van der Waals surface area contributed by atoms with Gasteiger partial charge in [0, 0.05) is 33.4 Å². The first kappa shape index (κ1) is 85.6. The summed E-state index contributed by atoms with van der Waals surface area (Å²) in [6.07, 6.45) is 0. The molecule has 2 heterocycles. The van der Waals surface area contributed by atoms with Crippen LogP contribution in [0.1, 0.15) is 89.0 Å². The molecule has 24 aromatic rings. The quantitative estimate of drug-likeness (QED) is 0.121. The van der Waals surface area contributed by atoms with Gasteiger partial charge in [-0.15, -0.1) is 0 Å². The van der Waals surface area contributed by atoms with Gasteiger partial charge in [-0.2, -0.15) is 0 Å². The molecule has 0 amide bonds. The van der Waals surface area contributed by atoms with Crippen molar-refractivity contribution in [1.82, 2.24) is 29.9 Å². The summed E-state index contributed by atoms with van der Waals surface area (Å²) in [7, 11) is 0. The van der Waals surface area contributed by atoms with Gasteiger partial charge in [0.2, 0.25) is 0 Å². The number of rotatable bonds is 12. The fraction of sp³-hybridized carbons (Fsp3) is 0.0282. The molecule has 22 aromatic carbocycles. The van der Waals surface area contributed by atoms with Crippen LogP contribution in [0.3, 0.4) is 0 Å². The van der Waals surface area contributed by atoms with E-state index in [-0.39, 0.29) is 0 Å². The smallest absolute Gasteiger partial charge is 0.164 e. The minimum Gasteiger partial charge on any atom is -0.208 e. The third-order valence-corrected chi connectivity index (χ3v) is 32.1. The average molecular weight is 1880 g/mol. The molecule has 0 atom stereocenters. The molecule has 148 heavy (non-hydrogen) atoms. The summed E-state index contributed by atoms with van der Waals surface area (Å²) < 4.78 is 0. The molecule has 0 aliphatic heterocycles. The van der Waals surface area contributed by atoms with Crippen LogP contribution in [0.15, 0.2) is 546 Å². The highest BCUT2D eigenvalue weighted by molar-refractivity contribution is 5.98. The van der Waals surface area contributed by atoms with Gasteiger partial charge >= 0.3 is 0 Å². The summed E-state index contributed by atoms with van der Waals surface area (Å²) in [6, 6.07) is 200. The first-order chi connectivity index (χ1) is 73.3. The summed E-state index contributed by atoms with van der Waals surface area (Å²) in [5.74, 6) is 3.78. The molecule has 0 radical (unpaired) electrons. The topological polar surface area (TPSA) is 77.3 Å². The molecule has 0 saturated heterocycles. The Morgan fingerprint density at radius 3 is 0.473 bits per heavy atom. The highest BCUT2D eigenvalue weighted by Gasteiger charge is 2.61. The second-order valence-corrected chi connectivity index (χ2v) is 39.5. The van der Waals surface area contributed by atoms with Crippen molar-refractivity contribution in [2.45, 2.75) is 21.7 Å². The van der Waals surface area contributed by atoms with E-state index in [4.69, 9.17) is 29.9 Å². The van der Waals surface area contributed by atoms with Crippen LogP contribution in [0.25, 0.3) is 180 Å². The molecule has 0 fully saturated rings. The second-order valence-electron chi connectivity index (χ2n) is 39.5. The summed E-state index contributed by atoms with van der Waals surface area (Å²) in [5, 5.41) is 0. The largest absolute Gasteiger partial charge is 0.208 e. The van der Waals surface area contributed by atoms with Crippen LogP contribution in [0.2, 0.25) is 0 Å². The van der Waals surface area contributed by atoms with Crippen molar-refractivity contribution in [3.05, 3.63) is 635 Å². The Balaban J connectivity index is 0.000000140. The molecule has 30 rings (SSSR count). The van der Waals surface area contributed by atoms with E-state index in [0.717, 1.165) is 77.9 Å². The summed E-state index contributed by atoms with van der Waals surface area (Å²) in [6.45, 7) is 0. The van der Waals surface area contributed by atoms with E-state index in [1.807, 2.05) is 36.4 Å². The van der Waals surface area contributed by atoms with Crippen LogP contribution in [0.4, 0.5) is 0 Å². The maximum atomic E-state index is 5.22.